The molecule has 21 heavy (non-hydrogen) atoms. The molecule has 0 saturated carbocycles. The predicted octanol–water partition coefficient (Wildman–Crippen LogP) is 2.14. The highest BCUT2D eigenvalue weighted by Crippen LogP contribution is 2.38. The molecule has 3 saturated heterocycles. The summed E-state index contributed by atoms with van der Waals surface area (Å²) >= 11 is 1.59. The lowest BCUT2D eigenvalue weighted by atomic mass is 9.89. The molecule has 0 unspecified atom stereocenters. The Morgan fingerprint density at radius 2 is 2.10 bits per heavy atom. The van der Waals surface area contributed by atoms with Crippen LogP contribution < -0.4 is 0 Å². The van der Waals surface area contributed by atoms with Crippen molar-refractivity contribution < 1.29 is 9.53 Å². The highest BCUT2D eigenvalue weighted by atomic mass is 32.1. The average molecular weight is 306 g/mol. The smallest absolute Gasteiger partial charge is 0.264 e. The summed E-state index contributed by atoms with van der Waals surface area (Å²) < 4.78 is 6.09. The minimum atomic E-state index is -0.0464. The molecule has 114 valence electrons. The molecule has 4 heterocycles. The first-order valence-corrected chi connectivity index (χ1v) is 8.71. The summed E-state index contributed by atoms with van der Waals surface area (Å²) in [6.45, 7) is 6.88. The van der Waals surface area contributed by atoms with Crippen molar-refractivity contribution in [3.05, 3.63) is 21.9 Å². The lowest BCUT2D eigenvalue weighted by Gasteiger charge is -2.47. The quantitative estimate of drug-likeness (QED) is 0.839. The largest absolute Gasteiger partial charge is 0.370 e. The third-order valence-corrected chi connectivity index (χ3v) is 6.03. The Kier molecular flexibility index (Phi) is 3.32. The van der Waals surface area contributed by atoms with E-state index in [1.807, 2.05) is 24.0 Å². The van der Waals surface area contributed by atoms with Crippen molar-refractivity contribution in [2.75, 3.05) is 32.8 Å². The van der Waals surface area contributed by atoms with Gasteiger partial charge in [0.1, 0.15) is 5.60 Å². The van der Waals surface area contributed by atoms with Gasteiger partial charge in [0, 0.05) is 10.9 Å². The number of rotatable bonds is 2. The van der Waals surface area contributed by atoms with E-state index in [0.717, 1.165) is 31.0 Å². The number of hydrogen-bond acceptors (Lipinski definition) is 4. The Balaban J connectivity index is 1.35. The molecule has 0 radical (unpaired) electrons. The standard InChI is InChI=1S/C16H22N2O2S/c1-12-4-5-14(21-12)15(19)18-10-16(11-18)8-13(9-20-16)17-6-2-3-7-17/h4-5,13H,2-3,6-11H2,1H3/t13-/m0/s1. The maximum Gasteiger partial charge on any atom is 0.264 e. The zero-order valence-electron chi connectivity index (χ0n) is 12.5. The van der Waals surface area contributed by atoms with Gasteiger partial charge in [-0.05, 0) is 51.4 Å². The average Bonchev–Trinajstić information content (AvgIpc) is 3.15. The molecular weight excluding hydrogens is 284 g/mol. The number of thiophene rings is 1. The van der Waals surface area contributed by atoms with Crippen LogP contribution in [0, 0.1) is 6.92 Å². The molecule has 1 atom stereocenters. The summed E-state index contributed by atoms with van der Waals surface area (Å²) in [4.78, 5) is 19.0. The van der Waals surface area contributed by atoms with Gasteiger partial charge in [-0.2, -0.15) is 0 Å². The molecule has 0 aliphatic carbocycles. The lowest BCUT2D eigenvalue weighted by molar-refractivity contribution is -0.0949. The second kappa shape index (κ2) is 5.07. The Hall–Kier alpha value is -0.910. The molecule has 3 aliphatic heterocycles. The fraction of sp³-hybridized carbons (Fsp3) is 0.688. The Morgan fingerprint density at radius 3 is 2.76 bits per heavy atom. The van der Waals surface area contributed by atoms with Crippen molar-refractivity contribution in [2.24, 2.45) is 0 Å². The summed E-state index contributed by atoms with van der Waals surface area (Å²) in [5.41, 5.74) is -0.0464. The summed E-state index contributed by atoms with van der Waals surface area (Å²) in [7, 11) is 0. The van der Waals surface area contributed by atoms with Gasteiger partial charge in [0.05, 0.1) is 24.6 Å². The normalized spacial score (nSPS) is 28.2. The van der Waals surface area contributed by atoms with Crippen molar-refractivity contribution in [1.29, 1.82) is 0 Å². The van der Waals surface area contributed by atoms with Gasteiger partial charge in [-0.15, -0.1) is 11.3 Å². The van der Waals surface area contributed by atoms with E-state index >= 15 is 0 Å². The van der Waals surface area contributed by atoms with Crippen LogP contribution in [0.1, 0.15) is 33.8 Å². The van der Waals surface area contributed by atoms with Crippen LogP contribution in [0.4, 0.5) is 0 Å². The van der Waals surface area contributed by atoms with Crippen LogP contribution in [0.2, 0.25) is 0 Å². The molecule has 0 aromatic carbocycles. The molecule has 1 aromatic rings. The Labute approximate surface area is 129 Å². The van der Waals surface area contributed by atoms with E-state index in [0.29, 0.717) is 6.04 Å². The van der Waals surface area contributed by atoms with E-state index in [1.165, 1.54) is 30.8 Å². The van der Waals surface area contributed by atoms with E-state index in [4.69, 9.17) is 4.74 Å². The van der Waals surface area contributed by atoms with Crippen molar-refractivity contribution in [1.82, 2.24) is 9.80 Å². The molecule has 1 aromatic heterocycles. The van der Waals surface area contributed by atoms with Gasteiger partial charge in [0.25, 0.3) is 5.91 Å². The first-order valence-electron chi connectivity index (χ1n) is 7.89. The zero-order valence-corrected chi connectivity index (χ0v) is 13.3. The molecule has 3 fully saturated rings. The topological polar surface area (TPSA) is 32.8 Å². The highest BCUT2D eigenvalue weighted by molar-refractivity contribution is 7.13. The van der Waals surface area contributed by atoms with Crippen LogP contribution in [0.25, 0.3) is 0 Å². The van der Waals surface area contributed by atoms with Crippen LogP contribution in [0.3, 0.4) is 0 Å². The fourth-order valence-corrected chi connectivity index (χ4v) is 4.72. The summed E-state index contributed by atoms with van der Waals surface area (Å²) in [5.74, 6) is 0.173. The van der Waals surface area contributed by atoms with Crippen molar-refractivity contribution in [3.63, 3.8) is 0 Å². The Morgan fingerprint density at radius 1 is 1.33 bits per heavy atom. The lowest BCUT2D eigenvalue weighted by Crippen LogP contribution is -2.63. The SMILES string of the molecule is Cc1ccc(C(=O)N2CC3(C[C@H](N4CCCC4)CO3)C2)s1. The van der Waals surface area contributed by atoms with Gasteiger partial charge in [-0.3, -0.25) is 9.69 Å². The van der Waals surface area contributed by atoms with Crippen LogP contribution in [-0.4, -0.2) is 60.1 Å². The highest BCUT2D eigenvalue weighted by Gasteiger charge is 2.52. The molecule has 1 amide bonds. The van der Waals surface area contributed by atoms with E-state index in [1.54, 1.807) is 11.3 Å². The third kappa shape index (κ3) is 2.41. The maximum absolute atomic E-state index is 12.4. The van der Waals surface area contributed by atoms with E-state index in [2.05, 4.69) is 4.90 Å². The third-order valence-electron chi connectivity index (χ3n) is 5.04. The van der Waals surface area contributed by atoms with Crippen molar-refractivity contribution >= 4 is 17.2 Å². The van der Waals surface area contributed by atoms with Crippen molar-refractivity contribution in [3.8, 4) is 0 Å². The summed E-state index contributed by atoms with van der Waals surface area (Å²) in [5, 5.41) is 0. The fourth-order valence-electron chi connectivity index (χ4n) is 3.88. The predicted molar refractivity (Wildman–Crippen MR) is 82.9 cm³/mol. The first-order chi connectivity index (χ1) is 10.2. The summed E-state index contributed by atoms with van der Waals surface area (Å²) in [6, 6.07) is 4.53. The van der Waals surface area contributed by atoms with Gasteiger partial charge >= 0.3 is 0 Å². The number of nitrogens with zero attached hydrogens (tertiary/aromatic N) is 2. The first kappa shape index (κ1) is 13.7. The van der Waals surface area contributed by atoms with Crippen molar-refractivity contribution in [2.45, 2.75) is 37.8 Å². The minimum Gasteiger partial charge on any atom is -0.370 e. The van der Waals surface area contributed by atoms with Crippen LogP contribution in [0.15, 0.2) is 12.1 Å². The van der Waals surface area contributed by atoms with Crippen LogP contribution in [0.5, 0.6) is 0 Å². The van der Waals surface area contributed by atoms with Gasteiger partial charge in [0.2, 0.25) is 0 Å². The maximum atomic E-state index is 12.4. The van der Waals surface area contributed by atoms with Gasteiger partial charge in [-0.25, -0.2) is 0 Å². The second-order valence-corrected chi connectivity index (χ2v) is 7.95. The number of amides is 1. The Bertz CT molecular complexity index is 544. The number of aryl methyl sites for hydroxylation is 1. The molecule has 4 nitrogen and oxygen atoms in total. The zero-order chi connectivity index (χ0) is 14.4. The van der Waals surface area contributed by atoms with Gasteiger partial charge in [-0.1, -0.05) is 0 Å². The molecule has 5 heteroatoms. The molecule has 1 spiro atoms. The number of hydrogen-bond donors (Lipinski definition) is 0. The van der Waals surface area contributed by atoms with E-state index in [-0.39, 0.29) is 11.5 Å². The van der Waals surface area contributed by atoms with Gasteiger partial charge < -0.3 is 9.64 Å². The second-order valence-electron chi connectivity index (χ2n) is 6.67. The number of ether oxygens (including phenoxy) is 1. The number of likely N-dealkylation sites (tertiary alicyclic amines) is 2. The molecule has 3 aliphatic rings. The summed E-state index contributed by atoms with van der Waals surface area (Å²) in [6.07, 6.45) is 3.75. The van der Waals surface area contributed by atoms with E-state index < -0.39 is 0 Å². The van der Waals surface area contributed by atoms with Crippen LogP contribution in [-0.2, 0) is 4.74 Å². The number of carbonyl (C=O) groups is 1. The minimum absolute atomic E-state index is 0.0464. The molecule has 4 rings (SSSR count). The number of carbonyl (C=O) groups excluding carboxylic acids is 1. The van der Waals surface area contributed by atoms with Crippen LogP contribution >= 0.6 is 11.3 Å². The van der Waals surface area contributed by atoms with E-state index in [9.17, 15) is 4.79 Å². The molecular formula is C16H22N2O2S. The molecule has 0 N–H and O–H groups in total. The molecule has 0 bridgehead atoms. The monoisotopic (exact) mass is 306 g/mol. The van der Waals surface area contributed by atoms with Gasteiger partial charge in [0.15, 0.2) is 0 Å².